The minimum absolute atomic E-state index is 0.117. The summed E-state index contributed by atoms with van der Waals surface area (Å²) in [5.41, 5.74) is 2.59. The molecule has 3 rings (SSSR count). The van der Waals surface area contributed by atoms with Crippen LogP contribution in [0.3, 0.4) is 0 Å². The van der Waals surface area contributed by atoms with Crippen LogP contribution in [0.5, 0.6) is 0 Å². The third-order valence-electron chi connectivity index (χ3n) is 4.34. The molecule has 0 aliphatic carbocycles. The molecule has 0 fully saturated rings. The number of thioether (sulfide) groups is 1. The molecule has 3 aromatic rings. The Morgan fingerprint density at radius 2 is 2.00 bits per heavy atom. The Balaban J connectivity index is 1.62. The van der Waals surface area contributed by atoms with Crippen molar-refractivity contribution in [1.82, 2.24) is 20.3 Å². The Hall–Kier alpha value is -2.64. The number of nitrogens with one attached hydrogen (secondary N) is 1. The van der Waals surface area contributed by atoms with E-state index in [1.807, 2.05) is 37.4 Å². The van der Waals surface area contributed by atoms with Gasteiger partial charge in [-0.15, -0.1) is 0 Å². The van der Waals surface area contributed by atoms with Gasteiger partial charge in [-0.2, -0.15) is 0 Å². The molecule has 0 aliphatic rings. The van der Waals surface area contributed by atoms with E-state index in [1.54, 1.807) is 24.5 Å². The SMILES string of the molecule is CCCN(C)c1cc(Cl)nc(SCc2cccc(C(=O)NCc3cccnc3)c2)n1. The molecule has 2 aromatic heterocycles. The smallest absolute Gasteiger partial charge is 0.251 e. The van der Waals surface area contributed by atoms with E-state index in [0.29, 0.717) is 28.2 Å². The maximum absolute atomic E-state index is 12.5. The number of carbonyl (C=O) groups is 1. The Morgan fingerprint density at radius 3 is 2.77 bits per heavy atom. The highest BCUT2D eigenvalue weighted by atomic mass is 35.5. The molecule has 0 spiro atoms. The number of amides is 1. The van der Waals surface area contributed by atoms with Crippen LogP contribution in [0.15, 0.2) is 60.0 Å². The van der Waals surface area contributed by atoms with Gasteiger partial charge in [0, 0.05) is 49.9 Å². The highest BCUT2D eigenvalue weighted by molar-refractivity contribution is 7.98. The fourth-order valence-electron chi connectivity index (χ4n) is 2.83. The van der Waals surface area contributed by atoms with Crippen molar-refractivity contribution in [2.75, 3.05) is 18.5 Å². The Bertz CT molecular complexity index is 986. The normalized spacial score (nSPS) is 10.6. The Labute approximate surface area is 186 Å². The van der Waals surface area contributed by atoms with E-state index in [4.69, 9.17) is 11.6 Å². The highest BCUT2D eigenvalue weighted by Gasteiger charge is 2.10. The maximum atomic E-state index is 12.5. The predicted molar refractivity (Wildman–Crippen MR) is 122 cm³/mol. The first-order chi connectivity index (χ1) is 14.5. The van der Waals surface area contributed by atoms with Gasteiger partial charge < -0.3 is 10.2 Å². The van der Waals surface area contributed by atoms with Crippen molar-refractivity contribution in [2.24, 2.45) is 0 Å². The van der Waals surface area contributed by atoms with Gasteiger partial charge in [0.15, 0.2) is 5.16 Å². The zero-order valence-corrected chi connectivity index (χ0v) is 18.6. The first-order valence-electron chi connectivity index (χ1n) is 9.69. The molecule has 1 aromatic carbocycles. The van der Waals surface area contributed by atoms with Crippen molar-refractivity contribution in [3.05, 3.63) is 76.7 Å². The molecular formula is C22H24ClN5OS. The minimum Gasteiger partial charge on any atom is -0.360 e. The van der Waals surface area contributed by atoms with Gasteiger partial charge in [-0.3, -0.25) is 9.78 Å². The van der Waals surface area contributed by atoms with Gasteiger partial charge in [-0.05, 0) is 35.7 Å². The molecule has 2 heterocycles. The van der Waals surface area contributed by atoms with E-state index in [0.717, 1.165) is 29.9 Å². The lowest BCUT2D eigenvalue weighted by Gasteiger charge is -2.17. The summed E-state index contributed by atoms with van der Waals surface area (Å²) >= 11 is 7.67. The van der Waals surface area contributed by atoms with Crippen LogP contribution in [-0.4, -0.2) is 34.5 Å². The molecule has 0 unspecified atom stereocenters. The second-order valence-corrected chi connectivity index (χ2v) is 8.12. The number of aromatic nitrogens is 3. The Morgan fingerprint density at radius 1 is 1.17 bits per heavy atom. The van der Waals surface area contributed by atoms with Gasteiger partial charge in [0.2, 0.25) is 0 Å². The molecule has 0 radical (unpaired) electrons. The summed E-state index contributed by atoms with van der Waals surface area (Å²) in [6.45, 7) is 3.46. The second kappa shape index (κ2) is 10.9. The largest absolute Gasteiger partial charge is 0.360 e. The zero-order valence-electron chi connectivity index (χ0n) is 17.0. The summed E-state index contributed by atoms with van der Waals surface area (Å²) in [4.78, 5) is 27.5. The third-order valence-corrected chi connectivity index (χ3v) is 5.46. The molecule has 6 nitrogen and oxygen atoms in total. The first-order valence-corrected chi connectivity index (χ1v) is 11.1. The molecule has 0 aliphatic heterocycles. The summed E-state index contributed by atoms with van der Waals surface area (Å²) in [5.74, 6) is 1.33. The molecule has 0 saturated carbocycles. The Kier molecular flexibility index (Phi) is 8.04. The predicted octanol–water partition coefficient (Wildman–Crippen LogP) is 4.59. The molecule has 8 heteroatoms. The average Bonchev–Trinajstić information content (AvgIpc) is 2.77. The van der Waals surface area contributed by atoms with Crippen molar-refractivity contribution in [1.29, 1.82) is 0 Å². The lowest BCUT2D eigenvalue weighted by molar-refractivity contribution is 0.0951. The van der Waals surface area contributed by atoms with Crippen LogP contribution in [0.2, 0.25) is 5.15 Å². The molecule has 30 heavy (non-hydrogen) atoms. The standard InChI is InChI=1S/C22H24ClN5OS/c1-3-10-28(2)20-12-19(23)26-22(27-20)30-15-16-6-4-8-18(11-16)21(29)25-14-17-7-5-9-24-13-17/h4-9,11-13H,3,10,14-15H2,1-2H3,(H,25,29). The molecule has 0 atom stereocenters. The average molecular weight is 442 g/mol. The summed E-state index contributed by atoms with van der Waals surface area (Å²) in [7, 11) is 1.99. The third kappa shape index (κ3) is 6.43. The van der Waals surface area contributed by atoms with Gasteiger partial charge >= 0.3 is 0 Å². The van der Waals surface area contributed by atoms with Crippen LogP contribution in [-0.2, 0) is 12.3 Å². The van der Waals surface area contributed by atoms with Gasteiger partial charge in [-0.25, -0.2) is 9.97 Å². The van der Waals surface area contributed by atoms with Crippen LogP contribution in [0.25, 0.3) is 0 Å². The minimum atomic E-state index is -0.117. The molecule has 0 saturated heterocycles. The molecule has 1 N–H and O–H groups in total. The van der Waals surface area contributed by atoms with Crippen molar-refractivity contribution in [3.63, 3.8) is 0 Å². The first kappa shape index (κ1) is 22.1. The van der Waals surface area contributed by atoms with E-state index in [-0.39, 0.29) is 5.91 Å². The van der Waals surface area contributed by atoms with Crippen molar-refractivity contribution < 1.29 is 4.79 Å². The maximum Gasteiger partial charge on any atom is 0.251 e. The summed E-state index contributed by atoms with van der Waals surface area (Å²) in [6, 6.07) is 13.1. The number of rotatable bonds is 9. The van der Waals surface area contributed by atoms with Gasteiger partial charge in [0.1, 0.15) is 11.0 Å². The molecular weight excluding hydrogens is 418 g/mol. The van der Waals surface area contributed by atoms with E-state index in [2.05, 4.69) is 32.1 Å². The van der Waals surface area contributed by atoms with Gasteiger partial charge in [-0.1, -0.05) is 48.5 Å². The van der Waals surface area contributed by atoms with Crippen LogP contribution >= 0.6 is 23.4 Å². The van der Waals surface area contributed by atoms with E-state index in [9.17, 15) is 4.79 Å². The van der Waals surface area contributed by atoms with Crippen LogP contribution in [0, 0.1) is 0 Å². The summed E-state index contributed by atoms with van der Waals surface area (Å²) < 4.78 is 0. The lowest BCUT2D eigenvalue weighted by Crippen LogP contribution is -2.22. The van der Waals surface area contributed by atoms with Crippen molar-refractivity contribution in [2.45, 2.75) is 30.8 Å². The number of carbonyl (C=O) groups excluding carboxylic acids is 1. The lowest BCUT2D eigenvalue weighted by atomic mass is 10.1. The number of hydrogen-bond donors (Lipinski definition) is 1. The molecule has 0 bridgehead atoms. The second-order valence-electron chi connectivity index (χ2n) is 6.79. The van der Waals surface area contributed by atoms with E-state index in [1.165, 1.54) is 11.8 Å². The zero-order chi connectivity index (χ0) is 21.3. The monoisotopic (exact) mass is 441 g/mol. The van der Waals surface area contributed by atoms with Crippen LogP contribution in [0.4, 0.5) is 5.82 Å². The van der Waals surface area contributed by atoms with Crippen molar-refractivity contribution in [3.8, 4) is 0 Å². The number of pyridine rings is 1. The van der Waals surface area contributed by atoms with Crippen LogP contribution < -0.4 is 10.2 Å². The number of nitrogens with zero attached hydrogens (tertiary/aromatic N) is 4. The molecule has 1 amide bonds. The van der Waals surface area contributed by atoms with Gasteiger partial charge in [0.25, 0.3) is 5.91 Å². The van der Waals surface area contributed by atoms with Gasteiger partial charge in [0.05, 0.1) is 0 Å². The quantitative estimate of drug-likeness (QED) is 0.297. The fraction of sp³-hybridized carbons (Fsp3) is 0.273. The number of anilines is 1. The number of hydrogen-bond acceptors (Lipinski definition) is 6. The van der Waals surface area contributed by atoms with Crippen LogP contribution in [0.1, 0.15) is 34.8 Å². The van der Waals surface area contributed by atoms with Crippen molar-refractivity contribution >= 4 is 35.1 Å². The highest BCUT2D eigenvalue weighted by Crippen LogP contribution is 2.24. The van der Waals surface area contributed by atoms with E-state index >= 15 is 0 Å². The van der Waals surface area contributed by atoms with E-state index < -0.39 is 0 Å². The summed E-state index contributed by atoms with van der Waals surface area (Å²) in [6.07, 6.45) is 4.47. The number of halogens is 1. The topological polar surface area (TPSA) is 71.0 Å². The summed E-state index contributed by atoms with van der Waals surface area (Å²) in [5, 5.41) is 3.96. The molecule has 156 valence electrons. The fourth-order valence-corrected chi connectivity index (χ4v) is 3.86. The number of benzene rings is 1.